The van der Waals surface area contributed by atoms with E-state index >= 15 is 0 Å². The van der Waals surface area contributed by atoms with Crippen LogP contribution in [0.2, 0.25) is 0 Å². The van der Waals surface area contributed by atoms with Crippen LogP contribution in [0.4, 0.5) is 5.69 Å². The lowest BCUT2D eigenvalue weighted by Gasteiger charge is -2.24. The van der Waals surface area contributed by atoms with Gasteiger partial charge in [0, 0.05) is 17.7 Å². The van der Waals surface area contributed by atoms with Crippen LogP contribution in [0.15, 0.2) is 16.6 Å². The van der Waals surface area contributed by atoms with Crippen LogP contribution in [0.25, 0.3) is 0 Å². The highest BCUT2D eigenvalue weighted by Crippen LogP contribution is 2.35. The highest BCUT2D eigenvalue weighted by Gasteiger charge is 2.38. The van der Waals surface area contributed by atoms with Gasteiger partial charge < -0.3 is 9.47 Å². The molecule has 0 saturated heterocycles. The minimum absolute atomic E-state index is 0.210. The summed E-state index contributed by atoms with van der Waals surface area (Å²) in [6, 6.07) is 3.56. The number of hydrogen-bond acceptors (Lipinski definition) is 4. The Hall–Kier alpha value is -1.24. The minimum atomic E-state index is -0.536. The highest BCUT2D eigenvalue weighted by molar-refractivity contribution is 9.10. The van der Waals surface area contributed by atoms with E-state index in [1.54, 1.807) is 6.07 Å². The number of halogens is 1. The molecule has 0 unspecified atom stereocenters. The highest BCUT2D eigenvalue weighted by atomic mass is 79.9. The second kappa shape index (κ2) is 6.68. The fourth-order valence-corrected chi connectivity index (χ4v) is 3.03. The van der Waals surface area contributed by atoms with Crippen LogP contribution in [-0.4, -0.2) is 37.7 Å². The van der Waals surface area contributed by atoms with Crippen molar-refractivity contribution in [1.29, 1.82) is 0 Å². The molecule has 1 amide bonds. The first kappa shape index (κ1) is 16.1. The molecular formula is C15H18BrNO4. The Balaban J connectivity index is 2.34. The smallest absolute Gasteiger partial charge is 0.299 e. The van der Waals surface area contributed by atoms with Gasteiger partial charge in [-0.25, -0.2) is 0 Å². The fourth-order valence-electron chi connectivity index (χ4n) is 2.45. The van der Waals surface area contributed by atoms with Gasteiger partial charge in [-0.2, -0.15) is 0 Å². The summed E-state index contributed by atoms with van der Waals surface area (Å²) in [5.74, 6) is -1.02. The first-order valence-corrected chi connectivity index (χ1v) is 7.68. The van der Waals surface area contributed by atoms with Gasteiger partial charge in [-0.15, -0.1) is 0 Å². The summed E-state index contributed by atoms with van der Waals surface area (Å²) >= 11 is 3.35. The molecule has 0 fully saturated rings. The van der Waals surface area contributed by atoms with E-state index in [0.29, 0.717) is 24.5 Å². The van der Waals surface area contributed by atoms with Crippen molar-refractivity contribution in [3.05, 3.63) is 27.7 Å². The zero-order chi connectivity index (χ0) is 15.6. The van der Waals surface area contributed by atoms with E-state index in [4.69, 9.17) is 9.47 Å². The van der Waals surface area contributed by atoms with E-state index < -0.39 is 18.0 Å². The summed E-state index contributed by atoms with van der Waals surface area (Å²) in [4.78, 5) is 25.8. The van der Waals surface area contributed by atoms with Crippen molar-refractivity contribution in [2.45, 2.75) is 27.1 Å². The van der Waals surface area contributed by atoms with Gasteiger partial charge in [0.1, 0.15) is 0 Å². The van der Waals surface area contributed by atoms with Crippen molar-refractivity contribution < 1.29 is 19.1 Å². The Labute approximate surface area is 132 Å². The van der Waals surface area contributed by atoms with E-state index in [-0.39, 0.29) is 6.54 Å². The monoisotopic (exact) mass is 355 g/mol. The molecule has 1 aromatic rings. The van der Waals surface area contributed by atoms with E-state index in [9.17, 15) is 9.59 Å². The molecule has 1 aromatic carbocycles. The molecule has 0 atom stereocenters. The van der Waals surface area contributed by atoms with Crippen molar-refractivity contribution in [2.24, 2.45) is 0 Å². The maximum atomic E-state index is 12.2. The van der Waals surface area contributed by atoms with Crippen molar-refractivity contribution in [2.75, 3.05) is 24.7 Å². The number of ketones is 1. The summed E-state index contributed by atoms with van der Waals surface area (Å²) in [5.41, 5.74) is 1.95. The lowest BCUT2D eigenvalue weighted by Crippen LogP contribution is -2.39. The van der Waals surface area contributed by atoms with Gasteiger partial charge in [-0.3, -0.25) is 14.5 Å². The van der Waals surface area contributed by atoms with Crippen LogP contribution < -0.4 is 4.90 Å². The Morgan fingerprint density at radius 2 is 1.81 bits per heavy atom. The molecule has 0 N–H and O–H groups in total. The Morgan fingerprint density at radius 3 is 2.38 bits per heavy atom. The molecule has 0 aromatic heterocycles. The topological polar surface area (TPSA) is 55.8 Å². The van der Waals surface area contributed by atoms with Crippen molar-refractivity contribution in [3.8, 4) is 0 Å². The van der Waals surface area contributed by atoms with Crippen LogP contribution in [0.1, 0.15) is 29.8 Å². The number of carbonyl (C=O) groups excluding carboxylic acids is 2. The van der Waals surface area contributed by atoms with Gasteiger partial charge in [-0.1, -0.05) is 15.9 Å². The Kier molecular flexibility index (Phi) is 5.13. The standard InChI is InChI=1S/C15H18BrNO4/c1-4-20-12(21-5-2)8-17-13-9(3)6-10(16)7-11(13)14(18)15(17)19/h6-7,12H,4-5,8H2,1-3H3. The number of ether oxygens (including phenoxy) is 2. The maximum absolute atomic E-state index is 12.2. The first-order chi connectivity index (χ1) is 9.99. The summed E-state index contributed by atoms with van der Waals surface area (Å²) < 4.78 is 11.7. The van der Waals surface area contributed by atoms with E-state index in [0.717, 1.165) is 10.0 Å². The van der Waals surface area contributed by atoms with Crippen LogP contribution in [-0.2, 0) is 14.3 Å². The Bertz CT molecular complexity index is 567. The third-order valence-electron chi connectivity index (χ3n) is 3.26. The molecule has 114 valence electrons. The molecule has 5 nitrogen and oxygen atoms in total. The lowest BCUT2D eigenvalue weighted by atomic mass is 10.1. The largest absolute Gasteiger partial charge is 0.351 e. The predicted octanol–water partition coefficient (Wildman–Crippen LogP) is 2.69. The maximum Gasteiger partial charge on any atom is 0.299 e. The number of aryl methyl sites for hydroxylation is 1. The number of carbonyl (C=O) groups is 2. The number of benzene rings is 1. The number of rotatable bonds is 6. The molecule has 0 saturated carbocycles. The van der Waals surface area contributed by atoms with E-state index in [2.05, 4.69) is 15.9 Å². The van der Waals surface area contributed by atoms with Gasteiger partial charge in [0.05, 0.1) is 17.8 Å². The molecule has 0 radical (unpaired) electrons. The quantitative estimate of drug-likeness (QED) is 0.581. The molecule has 6 heteroatoms. The summed E-state index contributed by atoms with van der Waals surface area (Å²) in [7, 11) is 0. The van der Waals surface area contributed by atoms with Crippen molar-refractivity contribution >= 4 is 33.3 Å². The number of nitrogens with zero attached hydrogens (tertiary/aromatic N) is 1. The zero-order valence-corrected chi connectivity index (χ0v) is 13.9. The van der Waals surface area contributed by atoms with Crippen molar-refractivity contribution in [1.82, 2.24) is 0 Å². The number of hydrogen-bond donors (Lipinski definition) is 0. The third-order valence-corrected chi connectivity index (χ3v) is 3.71. The van der Waals surface area contributed by atoms with E-state index in [1.807, 2.05) is 26.8 Å². The summed E-state index contributed by atoms with van der Waals surface area (Å²) in [6.07, 6.45) is -0.536. The molecule has 1 heterocycles. The molecular weight excluding hydrogens is 338 g/mol. The summed E-state index contributed by atoms with van der Waals surface area (Å²) in [5, 5.41) is 0. The van der Waals surface area contributed by atoms with Crippen LogP contribution >= 0.6 is 15.9 Å². The molecule has 2 rings (SSSR count). The molecule has 0 spiro atoms. The van der Waals surface area contributed by atoms with Gasteiger partial charge in [-0.05, 0) is 38.5 Å². The zero-order valence-electron chi connectivity index (χ0n) is 12.3. The van der Waals surface area contributed by atoms with Crippen LogP contribution in [0.5, 0.6) is 0 Å². The van der Waals surface area contributed by atoms with Crippen LogP contribution in [0, 0.1) is 6.92 Å². The fraction of sp³-hybridized carbons (Fsp3) is 0.467. The Morgan fingerprint density at radius 1 is 1.19 bits per heavy atom. The van der Waals surface area contributed by atoms with Gasteiger partial charge >= 0.3 is 0 Å². The average molecular weight is 356 g/mol. The molecule has 21 heavy (non-hydrogen) atoms. The molecule has 1 aliphatic rings. The van der Waals surface area contributed by atoms with Crippen molar-refractivity contribution in [3.63, 3.8) is 0 Å². The average Bonchev–Trinajstić information content (AvgIpc) is 2.65. The normalized spacial score (nSPS) is 14.2. The number of Topliss-reactive ketones (excluding diaryl/α,β-unsaturated/α-hetero) is 1. The minimum Gasteiger partial charge on any atom is -0.351 e. The number of anilines is 1. The SMILES string of the molecule is CCOC(CN1C(=O)C(=O)c2cc(Br)cc(C)c21)OCC. The first-order valence-electron chi connectivity index (χ1n) is 6.89. The molecule has 1 aliphatic heterocycles. The molecule has 0 bridgehead atoms. The predicted molar refractivity (Wildman–Crippen MR) is 82.6 cm³/mol. The second-order valence-electron chi connectivity index (χ2n) is 4.70. The lowest BCUT2D eigenvalue weighted by molar-refractivity contribution is -0.134. The number of fused-ring (bicyclic) bond motifs is 1. The molecule has 0 aliphatic carbocycles. The van der Waals surface area contributed by atoms with Gasteiger partial charge in [0.25, 0.3) is 11.7 Å². The van der Waals surface area contributed by atoms with Gasteiger partial charge in [0.2, 0.25) is 0 Å². The summed E-state index contributed by atoms with van der Waals surface area (Å²) in [6.45, 7) is 6.76. The third kappa shape index (κ3) is 3.17. The second-order valence-corrected chi connectivity index (χ2v) is 5.62. The van der Waals surface area contributed by atoms with Gasteiger partial charge in [0.15, 0.2) is 6.29 Å². The number of amides is 1. The van der Waals surface area contributed by atoms with Crippen LogP contribution in [0.3, 0.4) is 0 Å². The van der Waals surface area contributed by atoms with E-state index in [1.165, 1.54) is 4.90 Å².